The first-order valence-electron chi connectivity index (χ1n) is 7.30. The van der Waals surface area contributed by atoms with Crippen LogP contribution in [-0.2, 0) is 6.54 Å². The van der Waals surface area contributed by atoms with Crippen molar-refractivity contribution in [2.75, 3.05) is 19.6 Å². The van der Waals surface area contributed by atoms with Crippen molar-refractivity contribution in [2.24, 2.45) is 0 Å². The number of benzene rings is 1. The zero-order valence-corrected chi connectivity index (χ0v) is 13.4. The quantitative estimate of drug-likeness (QED) is 0.903. The van der Waals surface area contributed by atoms with Crippen molar-refractivity contribution in [3.63, 3.8) is 0 Å². The van der Waals surface area contributed by atoms with Crippen LogP contribution in [0, 0.1) is 0 Å². The average Bonchev–Trinajstić information content (AvgIpc) is 2.43. The van der Waals surface area contributed by atoms with Gasteiger partial charge in [0.25, 0.3) is 0 Å². The van der Waals surface area contributed by atoms with E-state index in [0.29, 0.717) is 23.2 Å². The minimum atomic E-state index is -0.0873. The van der Waals surface area contributed by atoms with Gasteiger partial charge in [0.2, 0.25) is 0 Å². The van der Waals surface area contributed by atoms with Gasteiger partial charge in [0, 0.05) is 41.5 Å². The zero-order valence-electron chi connectivity index (χ0n) is 11.9. The van der Waals surface area contributed by atoms with Gasteiger partial charge < -0.3 is 15.3 Å². The molecule has 1 heterocycles. The molecule has 112 valence electrons. The fraction of sp³-hybridized carbons (Fsp3) is 0.600. The van der Waals surface area contributed by atoms with Crippen molar-refractivity contribution in [1.82, 2.24) is 4.90 Å². The van der Waals surface area contributed by atoms with Gasteiger partial charge in [0.1, 0.15) is 6.54 Å². The Hall–Kier alpha value is -0.480. The van der Waals surface area contributed by atoms with Crippen molar-refractivity contribution >= 4 is 23.2 Å². The van der Waals surface area contributed by atoms with Crippen LogP contribution in [0.3, 0.4) is 0 Å². The molecule has 1 aliphatic rings. The highest BCUT2D eigenvalue weighted by atomic mass is 35.5. The molecule has 0 spiro atoms. The van der Waals surface area contributed by atoms with Crippen LogP contribution in [0.1, 0.15) is 31.7 Å². The molecule has 5 heteroatoms. The van der Waals surface area contributed by atoms with E-state index in [-0.39, 0.29) is 10.8 Å². The second-order valence-electron chi connectivity index (χ2n) is 5.49. The highest BCUT2D eigenvalue weighted by Crippen LogP contribution is 2.28. The lowest BCUT2D eigenvalue weighted by Crippen LogP contribution is -2.89. The molecule has 1 aromatic carbocycles. The molecule has 0 amide bonds. The molecule has 1 aromatic rings. The summed E-state index contributed by atoms with van der Waals surface area (Å²) in [4.78, 5) is 2.51. The van der Waals surface area contributed by atoms with E-state index in [1.54, 1.807) is 6.07 Å². The Balaban J connectivity index is 1.85. The van der Waals surface area contributed by atoms with E-state index in [1.807, 2.05) is 0 Å². The normalized spacial score (nSPS) is 17.6. The first kappa shape index (κ1) is 15.9. The number of nitrogens with two attached hydrogens (primary N) is 1. The molecule has 1 fully saturated rings. The molecule has 0 atom stereocenters. The van der Waals surface area contributed by atoms with Gasteiger partial charge in [-0.25, -0.2) is 0 Å². The zero-order chi connectivity index (χ0) is 14.5. The molecule has 1 saturated heterocycles. The Morgan fingerprint density at radius 3 is 2.65 bits per heavy atom. The number of piperidine rings is 1. The molecule has 2 N–H and O–H groups in total. The van der Waals surface area contributed by atoms with E-state index < -0.39 is 0 Å². The van der Waals surface area contributed by atoms with Crippen molar-refractivity contribution < 1.29 is 10.4 Å². The van der Waals surface area contributed by atoms with Crippen LogP contribution in [0.15, 0.2) is 12.1 Å². The molecule has 0 radical (unpaired) electrons. The lowest BCUT2D eigenvalue weighted by molar-refractivity contribution is -0.707. The number of halogens is 2. The van der Waals surface area contributed by atoms with Crippen LogP contribution in [0.4, 0.5) is 0 Å². The molecule has 0 unspecified atom stereocenters. The summed E-state index contributed by atoms with van der Waals surface area (Å²) in [5.41, 5.74) is 0.707. The summed E-state index contributed by atoms with van der Waals surface area (Å²) in [5, 5.41) is 14.9. The van der Waals surface area contributed by atoms with Crippen molar-refractivity contribution in [2.45, 2.75) is 38.8 Å². The van der Waals surface area contributed by atoms with E-state index in [1.165, 1.54) is 31.9 Å². The first-order chi connectivity index (χ1) is 9.60. The number of hydrogen-bond acceptors (Lipinski definition) is 2. The molecule has 2 rings (SSSR count). The van der Waals surface area contributed by atoms with Crippen LogP contribution in [-0.4, -0.2) is 30.6 Å². The van der Waals surface area contributed by atoms with Crippen LogP contribution >= 0.6 is 23.2 Å². The third-order valence-corrected chi connectivity index (χ3v) is 4.43. The number of rotatable bonds is 5. The van der Waals surface area contributed by atoms with E-state index >= 15 is 0 Å². The maximum Gasteiger partial charge on any atom is 0.101 e. The molecule has 0 aliphatic carbocycles. The predicted molar refractivity (Wildman–Crippen MR) is 81.3 cm³/mol. The molecular weight excluding hydrogens is 295 g/mol. The van der Waals surface area contributed by atoms with Crippen LogP contribution in [0.5, 0.6) is 5.75 Å². The maximum absolute atomic E-state index is 11.9. The maximum atomic E-state index is 11.9. The van der Waals surface area contributed by atoms with Crippen LogP contribution in [0.2, 0.25) is 10.0 Å². The van der Waals surface area contributed by atoms with Gasteiger partial charge in [-0.15, -0.1) is 0 Å². The fourth-order valence-electron chi connectivity index (χ4n) is 2.79. The monoisotopic (exact) mass is 316 g/mol. The standard InChI is InChI=1S/C15H22Cl2N2O/c1-2-5-19-6-3-13(4-7-19)18-10-11-8-12(16)9-14(17)15(11)20/h8-9,13,18,20H,2-7,10H2,1H3. The average molecular weight is 317 g/mol. The van der Waals surface area contributed by atoms with Gasteiger partial charge in [-0.05, 0) is 25.1 Å². The topological polar surface area (TPSA) is 42.9 Å². The number of hydrogen-bond donors (Lipinski definition) is 1. The van der Waals surface area contributed by atoms with Gasteiger partial charge in [-0.3, -0.25) is 0 Å². The summed E-state index contributed by atoms with van der Waals surface area (Å²) in [7, 11) is 0. The van der Waals surface area contributed by atoms with Crippen molar-refractivity contribution in [3.8, 4) is 5.75 Å². The summed E-state index contributed by atoms with van der Waals surface area (Å²) >= 11 is 11.8. The number of likely N-dealkylation sites (tertiary alicyclic amines) is 1. The molecule has 0 saturated carbocycles. The summed E-state index contributed by atoms with van der Waals surface area (Å²) in [6.07, 6.45) is 3.58. The minimum Gasteiger partial charge on any atom is -0.871 e. The summed E-state index contributed by atoms with van der Waals surface area (Å²) < 4.78 is 0. The van der Waals surface area contributed by atoms with Gasteiger partial charge >= 0.3 is 0 Å². The molecular formula is C15H22Cl2N2O. The van der Waals surface area contributed by atoms with Gasteiger partial charge in [-0.2, -0.15) is 0 Å². The lowest BCUT2D eigenvalue weighted by atomic mass is 10.0. The Kier molecular flexibility index (Phi) is 5.97. The summed E-state index contributed by atoms with van der Waals surface area (Å²) in [6.45, 7) is 6.40. The highest BCUT2D eigenvalue weighted by molar-refractivity contribution is 6.35. The van der Waals surface area contributed by atoms with E-state index in [9.17, 15) is 5.11 Å². The number of nitrogens with zero attached hydrogens (tertiary/aromatic N) is 1. The highest BCUT2D eigenvalue weighted by Gasteiger charge is 2.20. The molecule has 3 nitrogen and oxygen atoms in total. The number of quaternary nitrogens is 1. The largest absolute Gasteiger partial charge is 0.871 e. The second kappa shape index (κ2) is 7.51. The lowest BCUT2D eigenvalue weighted by Gasteiger charge is -2.30. The smallest absolute Gasteiger partial charge is 0.101 e. The van der Waals surface area contributed by atoms with Crippen LogP contribution in [0.25, 0.3) is 0 Å². The van der Waals surface area contributed by atoms with Gasteiger partial charge in [-0.1, -0.05) is 35.9 Å². The Morgan fingerprint density at radius 2 is 2.00 bits per heavy atom. The van der Waals surface area contributed by atoms with Gasteiger partial charge in [0.15, 0.2) is 0 Å². The molecule has 1 aliphatic heterocycles. The Bertz CT molecular complexity index is 446. The Morgan fingerprint density at radius 1 is 1.30 bits per heavy atom. The SMILES string of the molecule is CCCN1CCC([NH2+]Cc2cc(Cl)cc(Cl)c2[O-])CC1. The van der Waals surface area contributed by atoms with E-state index in [4.69, 9.17) is 23.2 Å². The Labute approximate surface area is 130 Å². The fourth-order valence-corrected chi connectivity index (χ4v) is 3.32. The minimum absolute atomic E-state index is 0.0873. The third-order valence-electron chi connectivity index (χ3n) is 3.93. The molecule has 20 heavy (non-hydrogen) atoms. The first-order valence-corrected chi connectivity index (χ1v) is 8.06. The van der Waals surface area contributed by atoms with E-state index in [0.717, 1.165) is 13.1 Å². The van der Waals surface area contributed by atoms with Crippen molar-refractivity contribution in [1.29, 1.82) is 0 Å². The summed E-state index contributed by atoms with van der Waals surface area (Å²) in [5.74, 6) is -0.0873. The van der Waals surface area contributed by atoms with Crippen LogP contribution < -0.4 is 10.4 Å². The summed E-state index contributed by atoms with van der Waals surface area (Å²) in [6, 6.07) is 3.84. The molecule has 0 aromatic heterocycles. The second-order valence-corrected chi connectivity index (χ2v) is 6.34. The van der Waals surface area contributed by atoms with Crippen molar-refractivity contribution in [3.05, 3.63) is 27.7 Å². The van der Waals surface area contributed by atoms with E-state index in [2.05, 4.69) is 17.1 Å². The van der Waals surface area contributed by atoms with Gasteiger partial charge in [0.05, 0.1) is 6.04 Å². The third kappa shape index (κ3) is 4.26. The predicted octanol–water partition coefficient (Wildman–Crippen LogP) is 2.00. The molecule has 0 bridgehead atoms.